The van der Waals surface area contributed by atoms with E-state index in [2.05, 4.69) is 48.1 Å². The van der Waals surface area contributed by atoms with Crippen LogP contribution in [-0.4, -0.2) is 41.9 Å². The lowest BCUT2D eigenvalue weighted by molar-refractivity contribution is 0.0672. The molecule has 180 valence electrons. The van der Waals surface area contributed by atoms with Gasteiger partial charge in [-0.2, -0.15) is 0 Å². The van der Waals surface area contributed by atoms with E-state index in [9.17, 15) is 4.79 Å². The number of nitrogens with one attached hydrogen (secondary N) is 1. The maximum atomic E-state index is 12.8. The molecule has 1 aliphatic heterocycles. The van der Waals surface area contributed by atoms with E-state index >= 15 is 0 Å². The maximum Gasteiger partial charge on any atom is 0.253 e. The van der Waals surface area contributed by atoms with Gasteiger partial charge in [0.25, 0.3) is 5.91 Å². The summed E-state index contributed by atoms with van der Waals surface area (Å²) in [6, 6.07) is 27.8. The Kier molecular flexibility index (Phi) is 10.3. The number of anilines is 1. The first-order valence-corrected chi connectivity index (χ1v) is 12.2. The Hall–Kier alpha value is -3.70. The quantitative estimate of drug-likeness (QED) is 0.306. The Balaban J connectivity index is 0.000000420. The summed E-state index contributed by atoms with van der Waals surface area (Å²) in [6.07, 6.45) is 5.55. The number of benzene rings is 3. The summed E-state index contributed by atoms with van der Waals surface area (Å²) < 4.78 is 0. The molecule has 0 saturated carbocycles. The van der Waals surface area contributed by atoms with Crippen molar-refractivity contribution in [3.63, 3.8) is 0 Å². The van der Waals surface area contributed by atoms with Gasteiger partial charge in [0.2, 0.25) is 0 Å². The van der Waals surface area contributed by atoms with Crippen LogP contribution in [0.25, 0.3) is 0 Å². The average Bonchev–Trinajstić information content (AvgIpc) is 2.92. The van der Waals surface area contributed by atoms with Gasteiger partial charge in [0, 0.05) is 54.6 Å². The van der Waals surface area contributed by atoms with Crippen LogP contribution in [0.5, 0.6) is 0 Å². The molecule has 5 heteroatoms. The molecule has 0 bridgehead atoms. The molecule has 0 unspecified atom stereocenters. The van der Waals surface area contributed by atoms with Gasteiger partial charge in [-0.3, -0.25) is 4.79 Å². The van der Waals surface area contributed by atoms with Crippen molar-refractivity contribution >= 4 is 24.2 Å². The van der Waals surface area contributed by atoms with Crippen LogP contribution in [0.1, 0.15) is 15.9 Å². The van der Waals surface area contributed by atoms with Crippen molar-refractivity contribution in [2.75, 3.05) is 31.5 Å². The summed E-state index contributed by atoms with van der Waals surface area (Å²) in [4.78, 5) is 18.0. The van der Waals surface area contributed by atoms with Gasteiger partial charge in [0.05, 0.1) is 0 Å². The average molecular weight is 484 g/mol. The Morgan fingerprint density at radius 2 is 1.40 bits per heavy atom. The smallest absolute Gasteiger partial charge is 0.253 e. The van der Waals surface area contributed by atoms with Crippen LogP contribution in [0.4, 0.5) is 5.69 Å². The summed E-state index contributed by atoms with van der Waals surface area (Å²) in [5, 5.41) is 3.39. The molecule has 3 aromatic rings. The van der Waals surface area contributed by atoms with E-state index < -0.39 is 0 Å². The van der Waals surface area contributed by atoms with E-state index in [4.69, 9.17) is 0 Å². The maximum absolute atomic E-state index is 12.8. The monoisotopic (exact) mass is 483 g/mol. The molecular formula is C30H33N3OS. The first kappa shape index (κ1) is 25.9. The van der Waals surface area contributed by atoms with Gasteiger partial charge < -0.3 is 15.1 Å². The second-order valence-electron chi connectivity index (χ2n) is 8.06. The van der Waals surface area contributed by atoms with Crippen LogP contribution >= 0.6 is 12.6 Å². The second-order valence-corrected chi connectivity index (χ2v) is 8.58. The van der Waals surface area contributed by atoms with Gasteiger partial charge in [0.15, 0.2) is 0 Å². The first-order chi connectivity index (χ1) is 17.1. The van der Waals surface area contributed by atoms with E-state index in [1.54, 1.807) is 6.08 Å². The van der Waals surface area contributed by atoms with Crippen molar-refractivity contribution in [3.8, 4) is 0 Å². The van der Waals surface area contributed by atoms with Crippen LogP contribution in [0.2, 0.25) is 0 Å². The standard InChI is InChI=1S/C24H27N3O.C6H6S/c1-3-8-23(4-2)26-15-17-27(18-16-26)24(28)21-11-13-22(14-12-21)25-19-20-9-6-5-7-10-20;7-6-4-2-1-3-5-6/h3-14,25H,1-2,15-19H2;1-5,7H/b23-8+;. The second kappa shape index (κ2) is 13.9. The number of thiol groups is 1. The number of rotatable bonds is 7. The third-order valence-corrected chi connectivity index (χ3v) is 5.96. The number of hydrogen-bond acceptors (Lipinski definition) is 4. The molecule has 0 aliphatic carbocycles. The van der Waals surface area contributed by atoms with E-state index in [1.807, 2.05) is 89.8 Å². The zero-order valence-electron chi connectivity index (χ0n) is 20.0. The Bertz CT molecular complexity index is 1100. The van der Waals surface area contributed by atoms with Crippen molar-refractivity contribution in [1.82, 2.24) is 9.80 Å². The molecule has 1 heterocycles. The largest absolute Gasteiger partial charge is 0.381 e. The van der Waals surface area contributed by atoms with Crippen LogP contribution in [-0.2, 0) is 6.54 Å². The summed E-state index contributed by atoms with van der Waals surface area (Å²) in [5.41, 5.74) is 4.01. The minimum Gasteiger partial charge on any atom is -0.381 e. The number of amides is 1. The molecule has 4 nitrogen and oxygen atoms in total. The fourth-order valence-electron chi connectivity index (χ4n) is 3.73. The molecule has 1 fully saturated rings. The minimum atomic E-state index is 0.0853. The molecule has 0 aromatic heterocycles. The normalized spacial score (nSPS) is 13.3. The van der Waals surface area contributed by atoms with Crippen LogP contribution < -0.4 is 5.32 Å². The summed E-state index contributed by atoms with van der Waals surface area (Å²) in [7, 11) is 0. The Labute approximate surface area is 214 Å². The molecular weight excluding hydrogens is 450 g/mol. The fraction of sp³-hybridized carbons (Fsp3) is 0.167. The van der Waals surface area contributed by atoms with Crippen molar-refractivity contribution in [3.05, 3.63) is 133 Å². The highest BCUT2D eigenvalue weighted by atomic mass is 32.1. The molecule has 1 aliphatic rings. The number of nitrogens with zero attached hydrogens (tertiary/aromatic N) is 2. The van der Waals surface area contributed by atoms with Crippen molar-refractivity contribution < 1.29 is 4.79 Å². The highest BCUT2D eigenvalue weighted by molar-refractivity contribution is 7.80. The zero-order chi connectivity index (χ0) is 24.9. The molecule has 1 N–H and O–H groups in total. The van der Waals surface area contributed by atoms with E-state index in [-0.39, 0.29) is 5.91 Å². The van der Waals surface area contributed by atoms with E-state index in [0.717, 1.165) is 41.5 Å². The van der Waals surface area contributed by atoms with Gasteiger partial charge in [-0.1, -0.05) is 67.8 Å². The lowest BCUT2D eigenvalue weighted by Gasteiger charge is -2.36. The molecule has 3 aromatic carbocycles. The number of hydrogen-bond donors (Lipinski definition) is 2. The highest BCUT2D eigenvalue weighted by Crippen LogP contribution is 2.16. The lowest BCUT2D eigenvalue weighted by atomic mass is 10.1. The van der Waals surface area contributed by atoms with Gasteiger partial charge >= 0.3 is 0 Å². The number of allylic oxidation sites excluding steroid dienone is 3. The Morgan fingerprint density at radius 1 is 0.829 bits per heavy atom. The van der Waals surface area contributed by atoms with Crippen LogP contribution in [0, 0.1) is 0 Å². The zero-order valence-corrected chi connectivity index (χ0v) is 20.9. The predicted octanol–water partition coefficient (Wildman–Crippen LogP) is 6.29. The molecule has 0 atom stereocenters. The number of carbonyl (C=O) groups excluding carboxylic acids is 1. The van der Waals surface area contributed by atoms with Gasteiger partial charge in [0.1, 0.15) is 0 Å². The Morgan fingerprint density at radius 3 is 1.91 bits per heavy atom. The highest BCUT2D eigenvalue weighted by Gasteiger charge is 2.22. The molecule has 35 heavy (non-hydrogen) atoms. The van der Waals surface area contributed by atoms with Crippen LogP contribution in [0.15, 0.2) is 127 Å². The minimum absolute atomic E-state index is 0.0853. The summed E-state index contributed by atoms with van der Waals surface area (Å²) in [6.45, 7) is 11.4. The molecule has 0 radical (unpaired) electrons. The SMILES string of the molecule is C=C/C=C(\C=C)N1CCN(C(=O)c2ccc(NCc3ccccc3)cc2)CC1.Sc1ccccc1. The van der Waals surface area contributed by atoms with Gasteiger partial charge in [-0.15, -0.1) is 12.6 Å². The summed E-state index contributed by atoms with van der Waals surface area (Å²) >= 11 is 4.08. The lowest BCUT2D eigenvalue weighted by Crippen LogP contribution is -2.48. The molecule has 1 amide bonds. The van der Waals surface area contributed by atoms with E-state index in [1.165, 1.54) is 5.56 Å². The molecule has 0 spiro atoms. The van der Waals surface area contributed by atoms with Gasteiger partial charge in [-0.05, 0) is 54.1 Å². The van der Waals surface area contributed by atoms with Crippen molar-refractivity contribution in [2.24, 2.45) is 0 Å². The van der Waals surface area contributed by atoms with E-state index in [0.29, 0.717) is 13.1 Å². The fourth-order valence-corrected chi connectivity index (χ4v) is 3.90. The van der Waals surface area contributed by atoms with Crippen LogP contribution in [0.3, 0.4) is 0 Å². The van der Waals surface area contributed by atoms with Crippen molar-refractivity contribution in [2.45, 2.75) is 11.4 Å². The number of carbonyl (C=O) groups is 1. The topological polar surface area (TPSA) is 35.6 Å². The third kappa shape index (κ3) is 8.23. The third-order valence-electron chi connectivity index (χ3n) is 5.66. The van der Waals surface area contributed by atoms with Crippen molar-refractivity contribution in [1.29, 1.82) is 0 Å². The number of piperazine rings is 1. The molecule has 1 saturated heterocycles. The first-order valence-electron chi connectivity index (χ1n) is 11.7. The predicted molar refractivity (Wildman–Crippen MR) is 150 cm³/mol. The van der Waals surface area contributed by atoms with Gasteiger partial charge in [-0.25, -0.2) is 0 Å². The molecule has 4 rings (SSSR count). The summed E-state index contributed by atoms with van der Waals surface area (Å²) in [5.74, 6) is 0.0853.